The Morgan fingerprint density at radius 2 is 1.75 bits per heavy atom. The van der Waals surface area contributed by atoms with Gasteiger partial charge in [-0.05, 0) is 49.4 Å². The molecule has 1 amide bonds. The summed E-state index contributed by atoms with van der Waals surface area (Å²) in [6.07, 6.45) is 1.45. The van der Waals surface area contributed by atoms with Gasteiger partial charge in [0.25, 0.3) is 5.91 Å². The molecule has 1 aliphatic heterocycles. The molecular weight excluding hydrogens is 355 g/mol. The standard InChI is InChI=1S/C23H17FN2O2/c1-15-5-4-7-17(13-15)22-25-21(14-16-6-2-3-8-20(16)24)23(28)26(22)18-9-11-19(27)12-10-18/h2-14,27H,1H3/b21-14+. The number of hydrogen-bond acceptors (Lipinski definition) is 3. The maximum absolute atomic E-state index is 14.1. The molecule has 0 aromatic heterocycles. The highest BCUT2D eigenvalue weighted by molar-refractivity contribution is 6.33. The Hall–Kier alpha value is -3.73. The van der Waals surface area contributed by atoms with E-state index in [9.17, 15) is 14.3 Å². The smallest absolute Gasteiger partial charge is 0.282 e. The summed E-state index contributed by atoms with van der Waals surface area (Å²) in [4.78, 5) is 19.1. The second kappa shape index (κ2) is 7.12. The van der Waals surface area contributed by atoms with E-state index in [1.54, 1.807) is 30.3 Å². The summed E-state index contributed by atoms with van der Waals surface area (Å²) in [5.41, 5.74) is 2.82. The van der Waals surface area contributed by atoms with Crippen LogP contribution in [0.5, 0.6) is 5.75 Å². The van der Waals surface area contributed by atoms with E-state index in [0.717, 1.165) is 11.1 Å². The predicted molar refractivity (Wildman–Crippen MR) is 108 cm³/mol. The van der Waals surface area contributed by atoms with Gasteiger partial charge in [-0.25, -0.2) is 9.38 Å². The third-order valence-corrected chi connectivity index (χ3v) is 4.44. The number of rotatable bonds is 3. The average molecular weight is 372 g/mol. The number of amidine groups is 1. The van der Waals surface area contributed by atoms with E-state index in [1.807, 2.05) is 31.2 Å². The fraction of sp³-hybridized carbons (Fsp3) is 0.0435. The minimum absolute atomic E-state index is 0.103. The largest absolute Gasteiger partial charge is 0.508 e. The first-order valence-electron chi connectivity index (χ1n) is 8.78. The van der Waals surface area contributed by atoms with Crippen LogP contribution in [0, 0.1) is 12.7 Å². The number of aromatic hydroxyl groups is 1. The van der Waals surface area contributed by atoms with Crippen LogP contribution >= 0.6 is 0 Å². The number of amides is 1. The zero-order valence-corrected chi connectivity index (χ0v) is 15.1. The number of nitrogens with zero attached hydrogens (tertiary/aromatic N) is 2. The number of carbonyl (C=O) groups is 1. The molecule has 0 atom stereocenters. The van der Waals surface area contributed by atoms with Gasteiger partial charge in [0, 0.05) is 11.1 Å². The fourth-order valence-corrected chi connectivity index (χ4v) is 3.08. The molecule has 5 heteroatoms. The molecule has 0 saturated heterocycles. The number of phenols is 1. The summed E-state index contributed by atoms with van der Waals surface area (Å²) in [7, 11) is 0. The van der Waals surface area contributed by atoms with E-state index < -0.39 is 5.82 Å². The van der Waals surface area contributed by atoms with E-state index in [2.05, 4.69) is 4.99 Å². The number of anilines is 1. The molecule has 0 unspecified atom stereocenters. The van der Waals surface area contributed by atoms with Crippen LogP contribution in [0.1, 0.15) is 16.7 Å². The average Bonchev–Trinajstić information content (AvgIpc) is 3.01. The monoisotopic (exact) mass is 372 g/mol. The van der Waals surface area contributed by atoms with Gasteiger partial charge >= 0.3 is 0 Å². The van der Waals surface area contributed by atoms with Crippen LogP contribution in [0.25, 0.3) is 6.08 Å². The summed E-state index contributed by atoms with van der Waals surface area (Å²) in [6.45, 7) is 1.96. The Kier molecular flexibility index (Phi) is 4.49. The van der Waals surface area contributed by atoms with Crippen LogP contribution in [-0.2, 0) is 4.79 Å². The lowest BCUT2D eigenvalue weighted by Gasteiger charge is -2.18. The zero-order chi connectivity index (χ0) is 19.7. The first-order chi connectivity index (χ1) is 13.5. The van der Waals surface area contributed by atoms with E-state index in [1.165, 1.54) is 29.2 Å². The molecule has 138 valence electrons. The van der Waals surface area contributed by atoms with Crippen LogP contribution < -0.4 is 4.90 Å². The van der Waals surface area contributed by atoms with Gasteiger partial charge in [0.1, 0.15) is 23.1 Å². The number of aliphatic imine (C=N–C) groups is 1. The number of aryl methyl sites for hydroxylation is 1. The number of carbonyl (C=O) groups excluding carboxylic acids is 1. The second-order valence-electron chi connectivity index (χ2n) is 6.51. The Morgan fingerprint density at radius 1 is 1.00 bits per heavy atom. The van der Waals surface area contributed by atoms with E-state index in [0.29, 0.717) is 17.1 Å². The van der Waals surface area contributed by atoms with Crippen molar-refractivity contribution in [3.05, 3.63) is 101 Å². The molecule has 28 heavy (non-hydrogen) atoms. The summed E-state index contributed by atoms with van der Waals surface area (Å²) in [6, 6.07) is 20.2. The molecule has 3 aromatic carbocycles. The Morgan fingerprint density at radius 3 is 2.46 bits per heavy atom. The van der Waals surface area contributed by atoms with Gasteiger partial charge in [-0.2, -0.15) is 0 Å². The maximum Gasteiger partial charge on any atom is 0.282 e. The summed E-state index contributed by atoms with van der Waals surface area (Å²) in [5, 5.41) is 9.58. The molecule has 1 heterocycles. The lowest BCUT2D eigenvalue weighted by Crippen LogP contribution is -2.32. The van der Waals surface area contributed by atoms with Gasteiger partial charge in [-0.3, -0.25) is 9.69 Å². The summed E-state index contributed by atoms with van der Waals surface area (Å²) in [5.74, 6) is -0.211. The lowest BCUT2D eigenvalue weighted by molar-refractivity contribution is -0.113. The third kappa shape index (κ3) is 3.30. The summed E-state index contributed by atoms with van der Waals surface area (Å²) >= 11 is 0. The third-order valence-electron chi connectivity index (χ3n) is 4.44. The molecule has 1 N–H and O–H groups in total. The molecule has 0 radical (unpaired) electrons. The summed E-state index contributed by atoms with van der Waals surface area (Å²) < 4.78 is 14.1. The van der Waals surface area contributed by atoms with Gasteiger partial charge < -0.3 is 5.11 Å². The number of hydrogen-bond donors (Lipinski definition) is 1. The van der Waals surface area contributed by atoms with Crippen molar-refractivity contribution in [2.75, 3.05) is 4.90 Å². The highest BCUT2D eigenvalue weighted by Gasteiger charge is 2.32. The van der Waals surface area contributed by atoms with Crippen LogP contribution in [0.15, 0.2) is 83.5 Å². The maximum atomic E-state index is 14.1. The van der Waals surface area contributed by atoms with Crippen LogP contribution in [0.2, 0.25) is 0 Å². The van der Waals surface area contributed by atoms with Gasteiger partial charge in [-0.1, -0.05) is 42.0 Å². The molecular formula is C23H17FN2O2. The van der Waals surface area contributed by atoms with Crippen molar-refractivity contribution in [3.8, 4) is 5.75 Å². The van der Waals surface area contributed by atoms with E-state index in [-0.39, 0.29) is 17.4 Å². The van der Waals surface area contributed by atoms with E-state index >= 15 is 0 Å². The van der Waals surface area contributed by atoms with Gasteiger partial charge in [0.2, 0.25) is 0 Å². The van der Waals surface area contributed by atoms with E-state index in [4.69, 9.17) is 0 Å². The quantitative estimate of drug-likeness (QED) is 0.679. The molecule has 0 saturated carbocycles. The van der Waals surface area contributed by atoms with Crippen molar-refractivity contribution in [1.29, 1.82) is 0 Å². The minimum atomic E-state index is -0.418. The predicted octanol–water partition coefficient (Wildman–Crippen LogP) is 4.67. The first-order valence-corrected chi connectivity index (χ1v) is 8.78. The fourth-order valence-electron chi connectivity index (χ4n) is 3.08. The van der Waals surface area contributed by atoms with Crippen LogP contribution in [-0.4, -0.2) is 16.8 Å². The SMILES string of the molecule is Cc1cccc(C2=N/C(=C/c3ccccc3F)C(=O)N2c2ccc(O)cc2)c1. The topological polar surface area (TPSA) is 52.9 Å². The van der Waals surface area contributed by atoms with Gasteiger partial charge in [-0.15, -0.1) is 0 Å². The van der Waals surface area contributed by atoms with Crippen molar-refractivity contribution in [2.45, 2.75) is 6.92 Å². The highest BCUT2D eigenvalue weighted by Crippen LogP contribution is 2.29. The molecule has 0 bridgehead atoms. The molecule has 1 aliphatic rings. The Balaban J connectivity index is 1.85. The van der Waals surface area contributed by atoms with Gasteiger partial charge in [0.15, 0.2) is 0 Å². The number of benzene rings is 3. The van der Waals surface area contributed by atoms with Gasteiger partial charge in [0.05, 0.1) is 5.69 Å². The highest BCUT2D eigenvalue weighted by atomic mass is 19.1. The molecule has 3 aromatic rings. The van der Waals surface area contributed by atoms with Crippen LogP contribution in [0.3, 0.4) is 0 Å². The molecule has 0 spiro atoms. The Bertz CT molecular complexity index is 1120. The normalized spacial score (nSPS) is 15.2. The molecule has 4 nitrogen and oxygen atoms in total. The number of phenolic OH excluding ortho intramolecular Hbond substituents is 1. The molecule has 4 rings (SSSR count). The van der Waals surface area contributed by atoms with Crippen molar-refractivity contribution < 1.29 is 14.3 Å². The Labute approximate surface area is 161 Å². The van der Waals surface area contributed by atoms with Crippen LogP contribution in [0.4, 0.5) is 10.1 Å². The lowest BCUT2D eigenvalue weighted by atomic mass is 10.1. The van der Waals surface area contributed by atoms with Crippen molar-refractivity contribution in [3.63, 3.8) is 0 Å². The molecule has 0 fully saturated rings. The second-order valence-corrected chi connectivity index (χ2v) is 6.51. The zero-order valence-electron chi connectivity index (χ0n) is 15.1. The van der Waals surface area contributed by atoms with Crippen molar-refractivity contribution in [2.24, 2.45) is 4.99 Å². The molecule has 0 aliphatic carbocycles. The number of halogens is 1. The van der Waals surface area contributed by atoms with Crippen molar-refractivity contribution in [1.82, 2.24) is 0 Å². The van der Waals surface area contributed by atoms with Crippen molar-refractivity contribution >= 4 is 23.5 Å². The first kappa shape index (κ1) is 17.7. The minimum Gasteiger partial charge on any atom is -0.508 e.